The van der Waals surface area contributed by atoms with Crippen molar-refractivity contribution in [1.82, 2.24) is 14.6 Å². The van der Waals surface area contributed by atoms with Crippen LogP contribution in [-0.2, 0) is 49.3 Å². The molecule has 3 aromatic rings. The fourth-order valence-corrected chi connectivity index (χ4v) is 6.10. The Hall–Kier alpha value is -3.66. The van der Waals surface area contributed by atoms with Crippen LogP contribution in [0, 0.1) is 18.3 Å². The molecule has 2 saturated heterocycles. The smallest absolute Gasteiger partial charge is 0.462 e. The molecule has 0 aliphatic carbocycles. The number of carbonyl (C=O) groups is 2. The first-order valence-electron chi connectivity index (χ1n) is 12.7. The molecule has 1 unspecified atom stereocenters. The number of phosphoric acid groups is 1. The van der Waals surface area contributed by atoms with Gasteiger partial charge in [0, 0.05) is 6.42 Å². The summed E-state index contributed by atoms with van der Waals surface area (Å²) in [4.78, 5) is 29.0. The van der Waals surface area contributed by atoms with E-state index in [-0.39, 0.29) is 37.5 Å². The number of hydrogen-bond donors (Lipinski definition) is 0. The van der Waals surface area contributed by atoms with E-state index in [1.165, 1.54) is 10.8 Å². The Morgan fingerprint density at radius 1 is 1.25 bits per heavy atom. The summed E-state index contributed by atoms with van der Waals surface area (Å²) >= 11 is 0. The van der Waals surface area contributed by atoms with Gasteiger partial charge in [-0.2, -0.15) is 10.4 Å². The standard InChI is InChI=1S/C26H27N4O9P/c1-4-22(31)37-24-23-20(38-26(24,14-27)21-11-10-19-16(3)28-15-29-30(19)21)13-36-40(33,39-23)35-12-17-8-6-7-9-18(17)25(32)34-5-2/h6-11,15,20,23-24H,4-5,12-13H2,1-3H3/t20-,23-,24-,26+,40?/m1/s1. The van der Waals surface area contributed by atoms with Crippen molar-refractivity contribution in [2.75, 3.05) is 13.2 Å². The highest BCUT2D eigenvalue weighted by molar-refractivity contribution is 7.48. The van der Waals surface area contributed by atoms with Gasteiger partial charge in [0.15, 0.2) is 6.10 Å². The third kappa shape index (κ3) is 4.89. The Balaban J connectivity index is 1.45. The Bertz CT molecular complexity index is 1540. The van der Waals surface area contributed by atoms with E-state index in [1.54, 1.807) is 57.2 Å². The second-order valence-corrected chi connectivity index (χ2v) is 10.7. The molecule has 0 saturated carbocycles. The van der Waals surface area contributed by atoms with E-state index in [1.807, 2.05) is 0 Å². The number of aryl methyl sites for hydroxylation is 1. The zero-order chi connectivity index (χ0) is 28.5. The fourth-order valence-electron chi connectivity index (χ4n) is 4.73. The van der Waals surface area contributed by atoms with Gasteiger partial charge in [-0.1, -0.05) is 25.1 Å². The van der Waals surface area contributed by atoms with Crippen LogP contribution in [0.25, 0.3) is 5.52 Å². The van der Waals surface area contributed by atoms with E-state index in [0.717, 1.165) is 0 Å². The predicted octanol–water partition coefficient (Wildman–Crippen LogP) is 3.39. The number of phosphoric ester groups is 1. The van der Waals surface area contributed by atoms with Crippen molar-refractivity contribution < 1.29 is 41.9 Å². The Morgan fingerprint density at radius 3 is 2.80 bits per heavy atom. The third-order valence-corrected chi connectivity index (χ3v) is 8.09. The first kappa shape index (κ1) is 27.9. The predicted molar refractivity (Wildman–Crippen MR) is 136 cm³/mol. The number of ether oxygens (including phenoxy) is 3. The summed E-state index contributed by atoms with van der Waals surface area (Å²) in [6.45, 7) is 4.69. The van der Waals surface area contributed by atoms with Gasteiger partial charge in [0.2, 0.25) is 5.60 Å². The van der Waals surface area contributed by atoms with Gasteiger partial charge in [-0.05, 0) is 37.6 Å². The summed E-state index contributed by atoms with van der Waals surface area (Å²) in [6.07, 6.45) is -2.09. The highest BCUT2D eigenvalue weighted by Gasteiger charge is 2.64. The summed E-state index contributed by atoms with van der Waals surface area (Å²) < 4.78 is 49.0. The van der Waals surface area contributed by atoms with Crippen LogP contribution in [0.5, 0.6) is 0 Å². The second kappa shape index (κ2) is 11.1. The molecule has 0 amide bonds. The molecule has 0 N–H and O–H groups in total. The molecule has 2 aromatic heterocycles. The molecule has 0 spiro atoms. The monoisotopic (exact) mass is 570 g/mol. The van der Waals surface area contributed by atoms with E-state index in [2.05, 4.69) is 16.2 Å². The van der Waals surface area contributed by atoms with Crippen LogP contribution in [0.1, 0.15) is 47.6 Å². The lowest BCUT2D eigenvalue weighted by Crippen LogP contribution is -2.46. The van der Waals surface area contributed by atoms with E-state index >= 15 is 0 Å². The SMILES string of the molecule is CCOC(=O)c1ccccc1COP1(=O)OC[C@H]2O[C@@](C#N)(c3ccc4c(C)ncnn34)[C@H](OC(=O)CC)[C@@H]2O1. The molecular formula is C26H27N4O9P. The number of aromatic nitrogens is 3. The Labute approximate surface area is 229 Å². The van der Waals surface area contributed by atoms with Crippen LogP contribution in [-0.4, -0.2) is 58.1 Å². The molecule has 4 heterocycles. The molecule has 40 heavy (non-hydrogen) atoms. The lowest BCUT2D eigenvalue weighted by molar-refractivity contribution is -0.159. The number of nitrogens with zero attached hydrogens (tertiary/aromatic N) is 4. The second-order valence-electron chi connectivity index (χ2n) is 9.09. The lowest BCUT2D eigenvalue weighted by atomic mass is 9.92. The average Bonchev–Trinajstić information content (AvgIpc) is 3.53. The zero-order valence-electron chi connectivity index (χ0n) is 22.0. The van der Waals surface area contributed by atoms with E-state index < -0.39 is 43.7 Å². The average molecular weight is 570 g/mol. The number of rotatable bonds is 8. The fraction of sp³-hybridized carbons (Fsp3) is 0.423. The zero-order valence-corrected chi connectivity index (χ0v) is 22.9. The van der Waals surface area contributed by atoms with Crippen molar-refractivity contribution >= 4 is 25.3 Å². The maximum absolute atomic E-state index is 13.6. The van der Waals surface area contributed by atoms with Crippen molar-refractivity contribution in [2.24, 2.45) is 0 Å². The molecule has 14 heteroatoms. The third-order valence-electron chi connectivity index (χ3n) is 6.68. The highest BCUT2D eigenvalue weighted by atomic mass is 31.2. The minimum Gasteiger partial charge on any atom is -0.462 e. The maximum atomic E-state index is 13.6. The molecule has 5 rings (SSSR count). The summed E-state index contributed by atoms with van der Waals surface area (Å²) in [7, 11) is -4.27. The number of fused-ring (bicyclic) bond motifs is 2. The topological polar surface area (TPSA) is 161 Å². The van der Waals surface area contributed by atoms with Crippen molar-refractivity contribution in [3.8, 4) is 6.07 Å². The van der Waals surface area contributed by atoms with Crippen LogP contribution in [0.4, 0.5) is 0 Å². The molecule has 1 aromatic carbocycles. The highest BCUT2D eigenvalue weighted by Crippen LogP contribution is 2.59. The van der Waals surface area contributed by atoms with Crippen LogP contribution in [0.3, 0.4) is 0 Å². The van der Waals surface area contributed by atoms with Gasteiger partial charge in [0.1, 0.15) is 24.6 Å². The Morgan fingerprint density at radius 2 is 2.05 bits per heavy atom. The van der Waals surface area contributed by atoms with E-state index in [4.69, 9.17) is 27.8 Å². The van der Waals surface area contributed by atoms with Gasteiger partial charge < -0.3 is 14.2 Å². The number of carbonyl (C=O) groups excluding carboxylic acids is 2. The normalized spacial score (nSPS) is 27.6. The summed E-state index contributed by atoms with van der Waals surface area (Å²) in [6, 6.07) is 12.0. The molecule has 5 atom stereocenters. The van der Waals surface area contributed by atoms with Crippen molar-refractivity contribution in [3.05, 3.63) is 65.2 Å². The van der Waals surface area contributed by atoms with Crippen molar-refractivity contribution in [3.63, 3.8) is 0 Å². The van der Waals surface area contributed by atoms with Crippen molar-refractivity contribution in [2.45, 2.75) is 57.7 Å². The van der Waals surface area contributed by atoms with Gasteiger partial charge in [-0.25, -0.2) is 18.9 Å². The number of esters is 2. The largest absolute Gasteiger partial charge is 0.475 e. The van der Waals surface area contributed by atoms with Gasteiger partial charge in [0.05, 0.1) is 42.3 Å². The Kier molecular flexibility index (Phi) is 7.72. The lowest BCUT2D eigenvalue weighted by Gasteiger charge is -2.32. The molecule has 2 aliphatic rings. The molecule has 0 bridgehead atoms. The quantitative estimate of drug-likeness (QED) is 0.287. The first-order valence-corrected chi connectivity index (χ1v) is 14.1. The molecular weight excluding hydrogens is 543 g/mol. The number of benzene rings is 1. The summed E-state index contributed by atoms with van der Waals surface area (Å²) in [5, 5.41) is 14.7. The first-order chi connectivity index (χ1) is 19.2. The number of hydrogen-bond acceptors (Lipinski definition) is 12. The number of nitriles is 1. The van der Waals surface area contributed by atoms with Gasteiger partial charge in [-0.15, -0.1) is 0 Å². The molecule has 2 aliphatic heterocycles. The van der Waals surface area contributed by atoms with Crippen molar-refractivity contribution in [1.29, 1.82) is 5.26 Å². The van der Waals surface area contributed by atoms with E-state index in [0.29, 0.717) is 16.8 Å². The van der Waals surface area contributed by atoms with Gasteiger partial charge in [0.25, 0.3) is 0 Å². The molecule has 210 valence electrons. The summed E-state index contributed by atoms with van der Waals surface area (Å²) in [5.41, 5.74) is 0.336. The summed E-state index contributed by atoms with van der Waals surface area (Å²) in [5.74, 6) is -1.17. The van der Waals surface area contributed by atoms with E-state index in [9.17, 15) is 19.4 Å². The molecule has 0 radical (unpaired) electrons. The van der Waals surface area contributed by atoms with Crippen LogP contribution in [0.2, 0.25) is 0 Å². The van der Waals surface area contributed by atoms with Gasteiger partial charge in [-0.3, -0.25) is 18.4 Å². The molecule has 13 nitrogen and oxygen atoms in total. The maximum Gasteiger partial charge on any atom is 0.475 e. The minimum atomic E-state index is -4.27. The van der Waals surface area contributed by atoms with Gasteiger partial charge >= 0.3 is 19.8 Å². The molecule has 2 fully saturated rings. The minimum absolute atomic E-state index is 0.0148. The van der Waals surface area contributed by atoms with Crippen LogP contribution < -0.4 is 0 Å². The van der Waals surface area contributed by atoms with Crippen LogP contribution >= 0.6 is 7.82 Å². The van der Waals surface area contributed by atoms with Crippen LogP contribution in [0.15, 0.2) is 42.7 Å².